The van der Waals surface area contributed by atoms with Crippen molar-refractivity contribution in [3.63, 3.8) is 0 Å². The molecule has 3 aromatic rings. The quantitative estimate of drug-likeness (QED) is 0.452. The standard InChI is InChI=1S/C29H36N4O3/c1-5-19-36-24-14-13-22(27(34)20-11-9-8-10-12-20)26(33-17-15-32(4)16-18-33)25(24)28-30-23(7-3)21(6-2)29(35)31-28/h8-14H,5-7,15-19H2,1-4H3,(H,30,31,35). The number of nitrogens with one attached hydrogen (secondary N) is 1. The highest BCUT2D eigenvalue weighted by molar-refractivity contribution is 6.14. The number of rotatable bonds is 9. The summed E-state index contributed by atoms with van der Waals surface area (Å²) < 4.78 is 6.19. The second-order valence-corrected chi connectivity index (χ2v) is 9.22. The molecule has 1 saturated heterocycles. The Morgan fingerprint density at radius 3 is 2.36 bits per heavy atom. The fraction of sp³-hybridized carbons (Fsp3) is 0.414. The molecule has 0 bridgehead atoms. The molecule has 1 aliphatic rings. The predicted molar refractivity (Wildman–Crippen MR) is 144 cm³/mol. The number of H-pyrrole nitrogens is 1. The molecule has 0 amide bonds. The highest BCUT2D eigenvalue weighted by Gasteiger charge is 2.29. The lowest BCUT2D eigenvalue weighted by Gasteiger charge is -2.36. The Morgan fingerprint density at radius 1 is 1.00 bits per heavy atom. The van der Waals surface area contributed by atoms with Crippen molar-refractivity contribution >= 4 is 11.5 Å². The van der Waals surface area contributed by atoms with Crippen molar-refractivity contribution in [1.82, 2.24) is 14.9 Å². The summed E-state index contributed by atoms with van der Waals surface area (Å²) in [6.45, 7) is 9.82. The molecule has 0 spiro atoms. The number of ketones is 1. The Kier molecular flexibility index (Phi) is 8.21. The van der Waals surface area contributed by atoms with Crippen LogP contribution >= 0.6 is 0 Å². The Hall–Kier alpha value is -3.45. The second-order valence-electron chi connectivity index (χ2n) is 9.22. The van der Waals surface area contributed by atoms with Gasteiger partial charge in [-0.15, -0.1) is 0 Å². The summed E-state index contributed by atoms with van der Waals surface area (Å²) in [7, 11) is 2.10. The van der Waals surface area contributed by atoms with Crippen molar-refractivity contribution in [1.29, 1.82) is 0 Å². The molecule has 0 radical (unpaired) electrons. The Balaban J connectivity index is 2.00. The molecule has 0 aliphatic carbocycles. The number of anilines is 1. The van der Waals surface area contributed by atoms with Gasteiger partial charge in [-0.05, 0) is 38.4 Å². The number of likely N-dealkylation sites (N-methyl/N-ethyl adjacent to an activating group) is 1. The maximum absolute atomic E-state index is 13.8. The van der Waals surface area contributed by atoms with Crippen LogP contribution in [0.4, 0.5) is 5.69 Å². The molecule has 1 aromatic heterocycles. The third-order valence-electron chi connectivity index (χ3n) is 6.73. The van der Waals surface area contributed by atoms with Crippen LogP contribution < -0.4 is 15.2 Å². The van der Waals surface area contributed by atoms with Crippen LogP contribution in [0, 0.1) is 0 Å². The van der Waals surface area contributed by atoms with Crippen LogP contribution in [0.25, 0.3) is 11.4 Å². The molecule has 2 aromatic carbocycles. The summed E-state index contributed by atoms with van der Waals surface area (Å²) in [4.78, 5) is 39.4. The first-order valence-electron chi connectivity index (χ1n) is 12.9. The number of hydrogen-bond donors (Lipinski definition) is 1. The smallest absolute Gasteiger partial charge is 0.254 e. The van der Waals surface area contributed by atoms with Gasteiger partial charge in [0.15, 0.2) is 5.78 Å². The van der Waals surface area contributed by atoms with Crippen molar-refractivity contribution in [2.24, 2.45) is 0 Å². The molecule has 7 nitrogen and oxygen atoms in total. The molecule has 0 saturated carbocycles. The number of aromatic nitrogens is 2. The SMILES string of the molecule is CCCOc1ccc(C(=O)c2ccccc2)c(N2CCN(C)CC2)c1-c1nc(CC)c(CC)c(=O)[nH]1. The number of ether oxygens (including phenoxy) is 1. The van der Waals surface area contributed by atoms with Crippen LogP contribution in [0.5, 0.6) is 5.75 Å². The van der Waals surface area contributed by atoms with E-state index in [4.69, 9.17) is 9.72 Å². The van der Waals surface area contributed by atoms with E-state index in [9.17, 15) is 9.59 Å². The molecule has 0 atom stereocenters. The number of piperazine rings is 1. The molecular formula is C29H36N4O3. The number of hydrogen-bond acceptors (Lipinski definition) is 6. The average molecular weight is 489 g/mol. The zero-order valence-corrected chi connectivity index (χ0v) is 21.8. The van der Waals surface area contributed by atoms with Crippen molar-refractivity contribution < 1.29 is 9.53 Å². The van der Waals surface area contributed by atoms with Crippen LogP contribution in [0.3, 0.4) is 0 Å². The van der Waals surface area contributed by atoms with Crippen molar-refractivity contribution in [2.75, 3.05) is 44.7 Å². The number of aromatic amines is 1. The van der Waals surface area contributed by atoms with Crippen LogP contribution in [-0.2, 0) is 12.8 Å². The zero-order valence-electron chi connectivity index (χ0n) is 21.8. The number of carbonyl (C=O) groups excluding carboxylic acids is 1. The van der Waals surface area contributed by atoms with E-state index < -0.39 is 0 Å². The fourth-order valence-corrected chi connectivity index (χ4v) is 4.74. The van der Waals surface area contributed by atoms with Gasteiger partial charge in [-0.3, -0.25) is 9.59 Å². The first-order chi connectivity index (χ1) is 17.5. The van der Waals surface area contributed by atoms with E-state index in [1.807, 2.05) is 56.3 Å². The molecule has 0 unspecified atom stereocenters. The van der Waals surface area contributed by atoms with Gasteiger partial charge in [0.2, 0.25) is 0 Å². The molecular weight excluding hydrogens is 452 g/mol. The number of carbonyl (C=O) groups is 1. The summed E-state index contributed by atoms with van der Waals surface area (Å²) >= 11 is 0. The predicted octanol–water partition coefficient (Wildman–Crippen LogP) is 4.33. The minimum absolute atomic E-state index is 0.0592. The molecule has 4 rings (SSSR count). The largest absolute Gasteiger partial charge is 0.493 e. The number of benzene rings is 2. The van der Waals surface area contributed by atoms with E-state index in [-0.39, 0.29) is 11.3 Å². The summed E-state index contributed by atoms with van der Waals surface area (Å²) in [6, 6.07) is 13.0. The third kappa shape index (κ3) is 5.21. The fourth-order valence-electron chi connectivity index (χ4n) is 4.74. The first kappa shape index (κ1) is 25.6. The van der Waals surface area contributed by atoms with Gasteiger partial charge in [0.1, 0.15) is 11.6 Å². The van der Waals surface area contributed by atoms with Gasteiger partial charge in [-0.1, -0.05) is 51.1 Å². The van der Waals surface area contributed by atoms with Gasteiger partial charge in [0.05, 0.1) is 23.6 Å². The minimum atomic E-state index is -0.134. The summed E-state index contributed by atoms with van der Waals surface area (Å²) in [6.07, 6.45) is 2.10. The van der Waals surface area contributed by atoms with Crippen LogP contribution in [0.15, 0.2) is 47.3 Å². The van der Waals surface area contributed by atoms with Crippen molar-refractivity contribution in [3.8, 4) is 17.1 Å². The van der Waals surface area contributed by atoms with Gasteiger partial charge < -0.3 is 19.5 Å². The van der Waals surface area contributed by atoms with Crippen LogP contribution in [0.1, 0.15) is 54.4 Å². The molecule has 2 heterocycles. The summed E-state index contributed by atoms with van der Waals surface area (Å²) in [5.74, 6) is 1.03. The molecule has 7 heteroatoms. The average Bonchev–Trinajstić information content (AvgIpc) is 2.91. The lowest BCUT2D eigenvalue weighted by molar-refractivity contribution is 0.103. The van der Waals surface area contributed by atoms with Crippen molar-refractivity contribution in [2.45, 2.75) is 40.0 Å². The molecule has 36 heavy (non-hydrogen) atoms. The zero-order chi connectivity index (χ0) is 25.7. The molecule has 190 valence electrons. The van der Waals surface area contributed by atoms with Gasteiger partial charge in [0, 0.05) is 42.9 Å². The maximum atomic E-state index is 13.8. The third-order valence-corrected chi connectivity index (χ3v) is 6.73. The Morgan fingerprint density at radius 2 is 1.72 bits per heavy atom. The van der Waals surface area contributed by atoms with Crippen molar-refractivity contribution in [3.05, 3.63) is 75.2 Å². The molecule has 1 aliphatic heterocycles. The van der Waals surface area contributed by atoms with Gasteiger partial charge >= 0.3 is 0 Å². The lowest BCUT2D eigenvalue weighted by atomic mass is 9.96. The van der Waals surface area contributed by atoms with E-state index in [0.717, 1.165) is 44.0 Å². The van der Waals surface area contributed by atoms with Crippen LogP contribution in [0.2, 0.25) is 0 Å². The maximum Gasteiger partial charge on any atom is 0.254 e. The first-order valence-corrected chi connectivity index (χ1v) is 12.9. The highest BCUT2D eigenvalue weighted by Crippen LogP contribution is 2.41. The van der Waals surface area contributed by atoms with Crippen LogP contribution in [-0.4, -0.2) is 60.5 Å². The van der Waals surface area contributed by atoms with Gasteiger partial charge in [-0.25, -0.2) is 4.98 Å². The number of aryl methyl sites for hydroxylation is 1. The summed E-state index contributed by atoms with van der Waals surface area (Å²) in [5, 5.41) is 0. The monoisotopic (exact) mass is 488 g/mol. The highest BCUT2D eigenvalue weighted by atomic mass is 16.5. The second kappa shape index (κ2) is 11.5. The van der Waals surface area contributed by atoms with E-state index >= 15 is 0 Å². The van der Waals surface area contributed by atoms with E-state index in [1.165, 1.54) is 0 Å². The normalized spacial score (nSPS) is 14.2. The van der Waals surface area contributed by atoms with Gasteiger partial charge in [0.25, 0.3) is 5.56 Å². The lowest BCUT2D eigenvalue weighted by Crippen LogP contribution is -2.45. The Bertz CT molecular complexity index is 1260. The van der Waals surface area contributed by atoms with Gasteiger partial charge in [-0.2, -0.15) is 0 Å². The van der Waals surface area contributed by atoms with E-state index in [1.54, 1.807) is 0 Å². The molecule has 1 N–H and O–H groups in total. The topological polar surface area (TPSA) is 78.5 Å². The minimum Gasteiger partial charge on any atom is -0.493 e. The molecule has 1 fully saturated rings. The van der Waals surface area contributed by atoms with E-state index in [0.29, 0.717) is 53.3 Å². The Labute approximate surface area is 213 Å². The summed E-state index contributed by atoms with van der Waals surface area (Å²) in [5.41, 5.74) is 4.02. The van der Waals surface area contributed by atoms with E-state index in [2.05, 4.69) is 28.8 Å². The number of nitrogens with zero attached hydrogens (tertiary/aromatic N) is 3.